The molecule has 0 spiro atoms. The van der Waals surface area contributed by atoms with Gasteiger partial charge in [0.25, 0.3) is 0 Å². The second-order valence-electron chi connectivity index (χ2n) is 20.5. The fraction of sp³-hybridized carbons (Fsp3) is 0.740. The van der Waals surface area contributed by atoms with Crippen molar-refractivity contribution in [1.29, 1.82) is 0 Å². The van der Waals surface area contributed by atoms with Gasteiger partial charge in [-0.1, -0.05) is 102 Å². The molecule has 16 nitrogen and oxygen atoms in total. The topological polar surface area (TPSA) is 165 Å². The molecule has 0 N–H and O–H groups in total. The first-order valence-corrected chi connectivity index (χ1v) is 24.5. The minimum absolute atomic E-state index is 0.0763. The van der Waals surface area contributed by atoms with E-state index in [9.17, 15) is 0 Å². The van der Waals surface area contributed by atoms with E-state index in [0.29, 0.717) is 71.6 Å². The molecule has 6 rings (SSSR count). The first-order valence-electron chi connectivity index (χ1n) is 24.5. The van der Waals surface area contributed by atoms with Gasteiger partial charge in [-0.2, -0.15) is 35.4 Å². The Kier molecular flexibility index (Phi) is 26.0. The first kappa shape index (κ1) is 59.1. The van der Waals surface area contributed by atoms with E-state index < -0.39 is 0 Å². The van der Waals surface area contributed by atoms with Crippen LogP contribution in [0.4, 0.5) is 0 Å². The zero-order valence-corrected chi connectivity index (χ0v) is 45.7. The van der Waals surface area contributed by atoms with Gasteiger partial charge in [0.05, 0.1) is 35.5 Å². The van der Waals surface area contributed by atoms with Crippen molar-refractivity contribution in [3.63, 3.8) is 0 Å². The molecular formula is C50H92N16. The molecule has 0 aliphatic carbocycles. The molecule has 5 aromatic rings. The molecule has 1 aliphatic heterocycles. The maximum absolute atomic E-state index is 4.43. The number of aliphatic imine (C=N–C) groups is 1. The summed E-state index contributed by atoms with van der Waals surface area (Å²) in [6.45, 7) is 50.8. The predicted molar refractivity (Wildman–Crippen MR) is 273 cm³/mol. The summed E-state index contributed by atoms with van der Waals surface area (Å²) in [7, 11) is 0. The average Bonchev–Trinajstić information content (AvgIpc) is 4.09. The molecule has 0 amide bonds. The summed E-state index contributed by atoms with van der Waals surface area (Å²) in [4.78, 5) is 10.3. The fourth-order valence-corrected chi connectivity index (χ4v) is 5.14. The summed E-state index contributed by atoms with van der Waals surface area (Å²) in [6.07, 6.45) is 11.8. The van der Waals surface area contributed by atoms with Crippen molar-refractivity contribution >= 4 is 5.84 Å². The minimum Gasteiger partial charge on any atom is -0.270 e. The summed E-state index contributed by atoms with van der Waals surface area (Å²) in [5.74, 6) is 5.19. The number of hydrogen-bond acceptors (Lipinski definition) is 11. The number of aromatic nitrogens is 13. The van der Waals surface area contributed by atoms with Crippen molar-refractivity contribution in [1.82, 2.24) is 64.3 Å². The molecule has 0 saturated heterocycles. The van der Waals surface area contributed by atoms with Gasteiger partial charge in [0.2, 0.25) is 0 Å². The average molecular weight is 917 g/mol. The Labute approximate surface area is 400 Å². The third-order valence-corrected chi connectivity index (χ3v) is 10.0. The summed E-state index contributed by atoms with van der Waals surface area (Å²) >= 11 is 0. The molecule has 66 heavy (non-hydrogen) atoms. The lowest BCUT2D eigenvalue weighted by Gasteiger charge is -2.04. The highest BCUT2D eigenvalue weighted by molar-refractivity contribution is 5.85. The first-order chi connectivity index (χ1) is 30.7. The van der Waals surface area contributed by atoms with E-state index in [4.69, 9.17) is 0 Å². The van der Waals surface area contributed by atoms with Crippen LogP contribution < -0.4 is 0 Å². The number of azo groups is 1. The zero-order chi connectivity index (χ0) is 50.6. The standard InChI is InChI=1S/2C9H16N2.4C8H15N3/c1-7(2)9-5-10-11(6-9)8(3)4;1-7(2)9-5-6-11(10-9)8(3)4;1-6(2)8-9-5-11(10-8)7(3)4;1-6(2)8-5-11(7(3)4)10-9-8;1-6(2)8-5-9-11(10-8)7(3)4;1-5(2)7-9-8(6(3)4)11-10-7/h2*5-8H,1-4H3;4*5-7H,1-4H3. The lowest BCUT2D eigenvalue weighted by molar-refractivity contribution is 0.461. The van der Waals surface area contributed by atoms with Crippen LogP contribution in [-0.2, 0) is 0 Å². The van der Waals surface area contributed by atoms with Crippen LogP contribution in [0.3, 0.4) is 0 Å². The van der Waals surface area contributed by atoms with Crippen molar-refractivity contribution in [2.75, 3.05) is 0 Å². The Bertz CT molecular complexity index is 1670. The number of hydrogen-bond donors (Lipinski definition) is 0. The summed E-state index contributed by atoms with van der Waals surface area (Å²) in [5, 5.41) is 37.6. The predicted octanol–water partition coefficient (Wildman–Crippen LogP) is 13.6. The van der Waals surface area contributed by atoms with E-state index >= 15 is 0 Å². The summed E-state index contributed by atoms with van der Waals surface area (Å²) in [6, 6.07) is 4.22. The van der Waals surface area contributed by atoms with Gasteiger partial charge >= 0.3 is 0 Å². The third kappa shape index (κ3) is 21.2. The smallest absolute Gasteiger partial charge is 0.165 e. The van der Waals surface area contributed by atoms with E-state index in [-0.39, 0.29) is 6.17 Å². The number of amidine groups is 1. The molecule has 0 radical (unpaired) electrons. The van der Waals surface area contributed by atoms with Crippen LogP contribution in [0.25, 0.3) is 0 Å². The molecular weight excluding hydrogens is 825 g/mol. The van der Waals surface area contributed by atoms with Crippen molar-refractivity contribution in [2.45, 2.75) is 232 Å². The normalized spacial score (nSPS) is 13.5. The van der Waals surface area contributed by atoms with Crippen LogP contribution in [0.15, 0.2) is 58.6 Å². The van der Waals surface area contributed by atoms with Crippen molar-refractivity contribution < 1.29 is 0 Å². The van der Waals surface area contributed by atoms with Gasteiger partial charge in [0.15, 0.2) is 17.8 Å². The summed E-state index contributed by atoms with van der Waals surface area (Å²) in [5.41, 5.74) is 4.63. The van der Waals surface area contributed by atoms with Gasteiger partial charge in [-0.3, -0.25) is 14.0 Å². The van der Waals surface area contributed by atoms with Gasteiger partial charge in [0, 0.05) is 54.6 Å². The molecule has 0 aromatic carbocycles. The number of nitrogens with zero attached hydrogens (tertiary/aromatic N) is 16. The Morgan fingerprint density at radius 1 is 0.470 bits per heavy atom. The minimum atomic E-state index is 0.0763. The second kappa shape index (κ2) is 29.0. The highest BCUT2D eigenvalue weighted by Gasteiger charge is 2.19. The van der Waals surface area contributed by atoms with E-state index in [1.165, 1.54) is 11.3 Å². The zero-order valence-electron chi connectivity index (χ0n) is 45.7. The Morgan fingerprint density at radius 2 is 1.03 bits per heavy atom. The van der Waals surface area contributed by atoms with E-state index in [2.05, 4.69) is 234 Å². The maximum Gasteiger partial charge on any atom is 0.165 e. The van der Waals surface area contributed by atoms with E-state index in [1.807, 2.05) is 43.5 Å². The second-order valence-corrected chi connectivity index (χ2v) is 20.5. The van der Waals surface area contributed by atoms with Gasteiger partial charge in [0.1, 0.15) is 6.33 Å². The molecule has 6 heterocycles. The van der Waals surface area contributed by atoms with Crippen molar-refractivity contribution in [3.8, 4) is 0 Å². The van der Waals surface area contributed by atoms with Crippen molar-refractivity contribution in [2.24, 2.45) is 27.1 Å². The molecule has 5 aromatic heterocycles. The highest BCUT2D eigenvalue weighted by Crippen LogP contribution is 2.18. The van der Waals surface area contributed by atoms with Crippen LogP contribution in [-0.4, -0.2) is 76.3 Å². The van der Waals surface area contributed by atoms with E-state index in [0.717, 1.165) is 23.0 Å². The molecule has 1 unspecified atom stereocenters. The van der Waals surface area contributed by atoms with Crippen LogP contribution in [0.5, 0.6) is 0 Å². The Hall–Kier alpha value is -4.89. The lowest BCUT2D eigenvalue weighted by Crippen LogP contribution is -2.08. The molecule has 0 bridgehead atoms. The fourth-order valence-electron chi connectivity index (χ4n) is 5.14. The highest BCUT2D eigenvalue weighted by atomic mass is 15.5. The molecule has 1 aliphatic rings. The van der Waals surface area contributed by atoms with Gasteiger partial charge in [-0.15, -0.1) is 10.2 Å². The Balaban J connectivity index is 0.000000396. The number of rotatable bonds is 12. The lowest BCUT2D eigenvalue weighted by atomic mass is 10.1. The molecule has 372 valence electrons. The van der Waals surface area contributed by atoms with E-state index in [1.54, 1.807) is 11.1 Å². The van der Waals surface area contributed by atoms with Crippen molar-refractivity contribution in [3.05, 3.63) is 71.8 Å². The molecule has 1 atom stereocenters. The molecule has 0 fully saturated rings. The maximum atomic E-state index is 4.43. The largest absolute Gasteiger partial charge is 0.270 e. The van der Waals surface area contributed by atoms with Crippen LogP contribution in [0, 0.1) is 11.8 Å². The van der Waals surface area contributed by atoms with Gasteiger partial charge in [-0.05, 0) is 110 Å². The quantitative estimate of drug-likeness (QED) is 0.119. The monoisotopic (exact) mass is 917 g/mol. The van der Waals surface area contributed by atoms with Gasteiger partial charge in [-0.25, -0.2) is 14.7 Å². The Morgan fingerprint density at radius 3 is 1.30 bits per heavy atom. The van der Waals surface area contributed by atoms with Crippen LogP contribution in [0.2, 0.25) is 0 Å². The summed E-state index contributed by atoms with van der Waals surface area (Å²) < 4.78 is 7.76. The van der Waals surface area contributed by atoms with Crippen LogP contribution >= 0.6 is 0 Å². The molecule has 16 heteroatoms. The molecule has 0 saturated carbocycles. The SMILES string of the molecule is CC(C)C1=NC(C(C)C)N=N1.CC(C)c1ccn(C(C)C)n1.CC(C)c1cn(C(C)C)nn1.CC(C)c1cnn(C(C)C)c1.CC(C)c1cnn(C(C)C)n1.CC(C)c1ncn(C(C)C)n1. The van der Waals surface area contributed by atoms with Crippen LogP contribution in [0.1, 0.15) is 254 Å². The van der Waals surface area contributed by atoms with Gasteiger partial charge < -0.3 is 0 Å². The third-order valence-electron chi connectivity index (χ3n) is 10.0.